The van der Waals surface area contributed by atoms with Crippen molar-refractivity contribution in [3.05, 3.63) is 4.13 Å². The summed E-state index contributed by atoms with van der Waals surface area (Å²) in [4.78, 5) is 0. The number of quaternary nitrogens is 1. The van der Waals surface area contributed by atoms with Gasteiger partial charge in [0.1, 0.15) is 0 Å². The van der Waals surface area contributed by atoms with Crippen molar-refractivity contribution in [2.24, 2.45) is 0 Å². The predicted octanol–water partition coefficient (Wildman–Crippen LogP) is 4.99. The summed E-state index contributed by atoms with van der Waals surface area (Å²) in [6.07, 6.45) is 17.2. The van der Waals surface area contributed by atoms with Crippen LogP contribution in [0.2, 0.25) is 0 Å². The highest BCUT2D eigenvalue weighted by atomic mass is 32.3. The first-order chi connectivity index (χ1) is 13.6. The smallest absolute Gasteiger partial charge is 0.421 e. The summed E-state index contributed by atoms with van der Waals surface area (Å²) in [5.74, 6) is 0. The van der Waals surface area contributed by atoms with Crippen LogP contribution in [0.3, 0.4) is 0 Å². The first-order valence-electron chi connectivity index (χ1n) is 9.78. The Kier molecular flexibility index (Phi) is 16.0. The van der Waals surface area contributed by atoms with Crippen LogP contribution in [0.4, 0.5) is 26.3 Å². The molecule has 0 radical (unpaired) electrons. The zero-order valence-electron chi connectivity index (χ0n) is 17.1. The maximum atomic E-state index is 11.4. The van der Waals surface area contributed by atoms with Crippen LogP contribution in [0.1, 0.15) is 84.0 Å². The van der Waals surface area contributed by atoms with Gasteiger partial charge in [0.05, 0.1) is 6.54 Å². The Labute approximate surface area is 175 Å². The van der Waals surface area contributed by atoms with Crippen molar-refractivity contribution >= 4 is 20.0 Å². The van der Waals surface area contributed by atoms with Gasteiger partial charge in [0.2, 0.25) is 0 Å². The van der Waals surface area contributed by atoms with Crippen LogP contribution in [0.15, 0.2) is 0 Å². The Hall–Kier alpha value is -0.600. The van der Waals surface area contributed by atoms with Crippen LogP contribution < -0.4 is 5.73 Å². The molecule has 0 bridgehead atoms. The summed E-state index contributed by atoms with van der Waals surface area (Å²) in [6.45, 7) is 3.41. The number of nitrogens with zero attached hydrogens (tertiary/aromatic N) is 1. The molecule has 30 heavy (non-hydrogen) atoms. The van der Waals surface area contributed by atoms with E-state index >= 15 is 0 Å². The summed E-state index contributed by atoms with van der Waals surface area (Å²) in [5, 5.41) is 0. The topological polar surface area (TPSA) is 110 Å². The van der Waals surface area contributed by atoms with Gasteiger partial charge in [-0.1, -0.05) is 71.1 Å². The van der Waals surface area contributed by atoms with Gasteiger partial charge in [-0.25, -0.2) is 16.8 Å². The molecule has 0 aromatic heterocycles. The van der Waals surface area contributed by atoms with Gasteiger partial charge in [-0.2, -0.15) is 26.3 Å². The number of halogens is 6. The van der Waals surface area contributed by atoms with Crippen molar-refractivity contribution < 1.29 is 48.9 Å². The molecule has 0 aromatic rings. The fraction of sp³-hybridized carbons (Fsp3) is 1.00. The van der Waals surface area contributed by atoms with E-state index in [2.05, 4.69) is 12.7 Å². The van der Waals surface area contributed by atoms with Gasteiger partial charge in [0, 0.05) is 0 Å². The molecule has 14 heteroatoms. The second-order valence-electron chi connectivity index (χ2n) is 6.66. The highest BCUT2D eigenvalue weighted by Gasteiger charge is 2.46. The lowest BCUT2D eigenvalue weighted by atomic mass is 10.1. The Bertz CT molecular complexity index is 581. The van der Waals surface area contributed by atoms with Crippen LogP contribution in [-0.4, -0.2) is 34.4 Å². The van der Waals surface area contributed by atoms with Crippen molar-refractivity contribution in [3.8, 4) is 0 Å². The zero-order chi connectivity index (χ0) is 23.9. The second-order valence-corrected chi connectivity index (χ2v) is 10.1. The number of hydrogen-bond acceptors (Lipinski definition) is 4. The van der Waals surface area contributed by atoms with Crippen molar-refractivity contribution in [3.63, 3.8) is 0 Å². The number of rotatable bonds is 14. The van der Waals surface area contributed by atoms with Crippen molar-refractivity contribution in [2.75, 3.05) is 6.54 Å². The molecule has 0 amide bonds. The van der Waals surface area contributed by atoms with Gasteiger partial charge >= 0.3 is 11.0 Å². The fourth-order valence-corrected chi connectivity index (χ4v) is 3.94. The highest BCUT2D eigenvalue weighted by molar-refractivity contribution is 8.13. The molecule has 0 saturated heterocycles. The molecule has 0 atom stereocenters. The fourth-order valence-electron chi connectivity index (χ4n) is 2.23. The lowest BCUT2D eigenvalue weighted by molar-refractivity contribution is -0.368. The average molecular weight is 495 g/mol. The van der Waals surface area contributed by atoms with E-state index in [1.807, 2.05) is 0 Å². The van der Waals surface area contributed by atoms with Gasteiger partial charge in [-0.3, -0.25) is 0 Å². The van der Waals surface area contributed by atoms with Crippen LogP contribution in [-0.2, 0) is 20.0 Å². The predicted molar refractivity (Wildman–Crippen MR) is 102 cm³/mol. The van der Waals surface area contributed by atoms with Crippen LogP contribution >= 0.6 is 0 Å². The van der Waals surface area contributed by atoms with Gasteiger partial charge in [0.25, 0.3) is 0 Å². The van der Waals surface area contributed by atoms with E-state index in [0.29, 0.717) is 0 Å². The molecule has 184 valence electrons. The third-order valence-electron chi connectivity index (χ3n) is 3.88. The zero-order valence-corrected chi connectivity index (χ0v) is 18.7. The van der Waals surface area contributed by atoms with E-state index in [1.165, 1.54) is 77.0 Å². The summed E-state index contributed by atoms with van der Waals surface area (Å²) in [5.41, 5.74) is -8.54. The van der Waals surface area contributed by atoms with Crippen LogP contribution in [0.25, 0.3) is 4.13 Å². The minimum Gasteiger partial charge on any atom is -0.421 e. The molecule has 3 N–H and O–H groups in total. The largest absolute Gasteiger partial charge is 0.480 e. The number of unbranched alkanes of at least 4 members (excludes halogenated alkanes) is 11. The summed E-state index contributed by atoms with van der Waals surface area (Å²) in [6, 6.07) is 0. The first-order valence-corrected chi connectivity index (χ1v) is 12.7. The summed E-state index contributed by atoms with van der Waals surface area (Å²) in [7, 11) is -13.4. The lowest BCUT2D eigenvalue weighted by Crippen LogP contribution is -2.50. The van der Waals surface area contributed by atoms with E-state index in [0.717, 1.165) is 10.7 Å². The molecule has 0 aromatic carbocycles. The minimum atomic E-state index is -6.72. The molecular weight excluding hydrogens is 462 g/mol. The lowest BCUT2D eigenvalue weighted by Gasteiger charge is -2.22. The third-order valence-corrected chi connectivity index (χ3v) is 6.62. The molecule has 6 nitrogen and oxygen atoms in total. The van der Waals surface area contributed by atoms with Gasteiger partial charge in [-0.15, -0.1) is 0 Å². The molecule has 0 aliphatic carbocycles. The monoisotopic (exact) mass is 494 g/mol. The maximum absolute atomic E-state index is 11.4. The van der Waals surface area contributed by atoms with Gasteiger partial charge < -0.3 is 9.86 Å². The van der Waals surface area contributed by atoms with E-state index < -0.39 is 31.1 Å². The normalized spacial score (nSPS) is 13.1. The number of hydrogen-bond donors (Lipinski definition) is 1. The molecule has 0 heterocycles. The Balaban J connectivity index is 0. The van der Waals surface area contributed by atoms with Gasteiger partial charge in [0.15, 0.2) is 20.0 Å². The van der Waals surface area contributed by atoms with Crippen molar-refractivity contribution in [1.82, 2.24) is 0 Å². The van der Waals surface area contributed by atoms with E-state index in [1.54, 1.807) is 0 Å². The molecular formula is C16H32F6N2O4S2. The van der Waals surface area contributed by atoms with Crippen LogP contribution in [0, 0.1) is 0 Å². The number of alkyl halides is 6. The molecule has 0 spiro atoms. The van der Waals surface area contributed by atoms with Gasteiger partial charge in [-0.05, 0) is 12.8 Å². The van der Waals surface area contributed by atoms with E-state index in [9.17, 15) is 43.2 Å². The Morgan fingerprint density at radius 3 is 1.10 bits per heavy atom. The first kappa shape index (κ1) is 31.6. The highest BCUT2D eigenvalue weighted by Crippen LogP contribution is 2.36. The maximum Gasteiger partial charge on any atom is 0.480 e. The van der Waals surface area contributed by atoms with Crippen LogP contribution in [0.5, 0.6) is 0 Å². The summed E-state index contributed by atoms with van der Waals surface area (Å²) < 4.78 is 109. The SMILES string of the molecule is CCCCCCCCCCCCCC[NH3+].O=S(=O)([N-]S(=O)(=O)C(F)(F)F)C(F)(F)F. The molecule has 0 fully saturated rings. The van der Waals surface area contributed by atoms with E-state index in [-0.39, 0.29) is 0 Å². The molecule has 0 aliphatic heterocycles. The Morgan fingerprint density at radius 1 is 0.600 bits per heavy atom. The Morgan fingerprint density at radius 2 is 0.867 bits per heavy atom. The molecule has 0 rings (SSSR count). The summed E-state index contributed by atoms with van der Waals surface area (Å²) >= 11 is 0. The second kappa shape index (κ2) is 15.2. The average Bonchev–Trinajstić information content (AvgIpc) is 2.57. The number of sulfonamides is 2. The van der Waals surface area contributed by atoms with E-state index in [4.69, 9.17) is 0 Å². The van der Waals surface area contributed by atoms with Crippen molar-refractivity contribution in [1.29, 1.82) is 0 Å². The minimum absolute atomic E-state index is 0.778. The standard InChI is InChI=1S/C14H31N.C2F6NO4S2/c1-2-3-4-5-6-7-8-9-10-11-12-13-14-15;3-1(4,5)14(10,11)9-15(12,13)2(6,7)8/h2-15H2,1H3;/q;-1/p+1. The quantitative estimate of drug-likeness (QED) is 0.271. The molecule has 0 aliphatic rings. The molecule has 0 unspecified atom stereocenters. The third kappa shape index (κ3) is 15.2. The molecule has 0 saturated carbocycles. The van der Waals surface area contributed by atoms with Crippen molar-refractivity contribution in [2.45, 2.75) is 95.0 Å².